The SMILES string of the molecule is CCCCCn1c2nc(Br)[nH]c2c(=O)n2c(-c3cncnc3)nnc12. The fourth-order valence-corrected chi connectivity index (χ4v) is 3.22. The van der Waals surface area contributed by atoms with Gasteiger partial charge in [0.05, 0.1) is 5.56 Å². The van der Waals surface area contributed by atoms with Crippen molar-refractivity contribution in [2.24, 2.45) is 0 Å². The van der Waals surface area contributed by atoms with E-state index in [1.54, 1.807) is 12.4 Å². The van der Waals surface area contributed by atoms with Gasteiger partial charge in [-0.15, -0.1) is 10.2 Å². The Labute approximate surface area is 150 Å². The van der Waals surface area contributed by atoms with Crippen LogP contribution in [0.1, 0.15) is 26.2 Å². The lowest BCUT2D eigenvalue weighted by Crippen LogP contribution is -2.20. The second kappa shape index (κ2) is 6.36. The van der Waals surface area contributed by atoms with Gasteiger partial charge in [-0.3, -0.25) is 9.36 Å². The van der Waals surface area contributed by atoms with Gasteiger partial charge >= 0.3 is 0 Å². The molecule has 0 fully saturated rings. The van der Waals surface area contributed by atoms with Crippen LogP contribution in [-0.4, -0.2) is 39.1 Å². The van der Waals surface area contributed by atoms with Crippen LogP contribution in [0.3, 0.4) is 0 Å². The first-order chi connectivity index (χ1) is 12.2. The highest BCUT2D eigenvalue weighted by Gasteiger charge is 2.20. The average molecular weight is 403 g/mol. The van der Waals surface area contributed by atoms with Crippen molar-refractivity contribution in [3.8, 4) is 11.4 Å². The van der Waals surface area contributed by atoms with Gasteiger partial charge < -0.3 is 4.98 Å². The van der Waals surface area contributed by atoms with Crippen LogP contribution >= 0.6 is 15.9 Å². The summed E-state index contributed by atoms with van der Waals surface area (Å²) in [6.07, 6.45) is 7.79. The predicted molar refractivity (Wildman–Crippen MR) is 95.1 cm³/mol. The van der Waals surface area contributed by atoms with Gasteiger partial charge in [-0.05, 0) is 22.4 Å². The number of aryl methyl sites for hydroxylation is 1. The van der Waals surface area contributed by atoms with Crippen molar-refractivity contribution < 1.29 is 0 Å². The van der Waals surface area contributed by atoms with Gasteiger partial charge in [-0.25, -0.2) is 19.4 Å². The van der Waals surface area contributed by atoms with Crippen molar-refractivity contribution in [3.05, 3.63) is 33.8 Å². The molecule has 0 radical (unpaired) electrons. The Balaban J connectivity index is 2.02. The number of nitrogens with one attached hydrogen (secondary N) is 1. The number of rotatable bonds is 5. The van der Waals surface area contributed by atoms with E-state index in [4.69, 9.17) is 0 Å². The molecule has 0 unspecified atom stereocenters. The molecule has 0 spiro atoms. The lowest BCUT2D eigenvalue weighted by molar-refractivity contribution is 0.612. The second-order valence-corrected chi connectivity index (χ2v) is 6.43. The van der Waals surface area contributed by atoms with Gasteiger partial charge in [-0.2, -0.15) is 0 Å². The van der Waals surface area contributed by atoms with Gasteiger partial charge in [0.1, 0.15) is 6.33 Å². The molecular weight excluding hydrogens is 388 g/mol. The van der Waals surface area contributed by atoms with Crippen LogP contribution in [0, 0.1) is 0 Å². The maximum Gasteiger partial charge on any atom is 0.286 e. The summed E-state index contributed by atoms with van der Waals surface area (Å²) in [5.41, 5.74) is 1.36. The molecule has 9 nitrogen and oxygen atoms in total. The van der Waals surface area contributed by atoms with Crippen molar-refractivity contribution >= 4 is 32.9 Å². The summed E-state index contributed by atoms with van der Waals surface area (Å²) < 4.78 is 3.92. The number of imidazole rings is 1. The lowest BCUT2D eigenvalue weighted by atomic mass is 10.2. The normalized spacial score (nSPS) is 11.6. The van der Waals surface area contributed by atoms with Gasteiger partial charge in [-0.1, -0.05) is 19.8 Å². The standard InChI is InChI=1S/C15H15BrN8O/c1-2-3-4-5-23-12-10(19-14(16)20-12)13(25)24-11(21-22-15(23)24)9-6-17-8-18-7-9/h6-8H,2-5H2,1H3,(H,19,20). The molecule has 0 aliphatic heterocycles. The van der Waals surface area contributed by atoms with E-state index >= 15 is 0 Å². The minimum Gasteiger partial charge on any atom is -0.327 e. The van der Waals surface area contributed by atoms with Gasteiger partial charge in [0.15, 0.2) is 21.7 Å². The van der Waals surface area contributed by atoms with Crippen molar-refractivity contribution in [2.45, 2.75) is 32.7 Å². The van der Waals surface area contributed by atoms with Gasteiger partial charge in [0.25, 0.3) is 5.56 Å². The highest BCUT2D eigenvalue weighted by Crippen LogP contribution is 2.20. The summed E-state index contributed by atoms with van der Waals surface area (Å²) in [6, 6.07) is 0. The molecule has 10 heteroatoms. The van der Waals surface area contributed by atoms with Crippen molar-refractivity contribution in [1.82, 2.24) is 39.1 Å². The zero-order valence-electron chi connectivity index (χ0n) is 13.5. The summed E-state index contributed by atoms with van der Waals surface area (Å²) in [6.45, 7) is 2.85. The molecule has 0 amide bonds. The van der Waals surface area contributed by atoms with Crippen LogP contribution < -0.4 is 5.56 Å². The molecule has 0 aliphatic carbocycles. The van der Waals surface area contributed by atoms with Crippen LogP contribution in [-0.2, 0) is 6.54 Å². The molecule has 1 N–H and O–H groups in total. The topological polar surface area (TPSA) is 107 Å². The Kier molecular flexibility index (Phi) is 4.04. The highest BCUT2D eigenvalue weighted by atomic mass is 79.9. The molecule has 0 aliphatic rings. The number of nitrogens with zero attached hydrogens (tertiary/aromatic N) is 7. The van der Waals surface area contributed by atoms with Crippen molar-refractivity contribution in [3.63, 3.8) is 0 Å². The molecule has 4 heterocycles. The summed E-state index contributed by atoms with van der Waals surface area (Å²) in [5, 5.41) is 8.44. The van der Waals surface area contributed by atoms with Gasteiger partial charge in [0.2, 0.25) is 5.78 Å². The third kappa shape index (κ3) is 2.62. The first kappa shape index (κ1) is 15.9. The minimum absolute atomic E-state index is 0.251. The van der Waals surface area contributed by atoms with E-state index in [-0.39, 0.29) is 5.56 Å². The molecular formula is C15H15BrN8O. The van der Waals surface area contributed by atoms with E-state index in [9.17, 15) is 4.79 Å². The minimum atomic E-state index is -0.251. The van der Waals surface area contributed by atoms with E-state index in [2.05, 4.69) is 53.0 Å². The number of aromatic nitrogens is 8. The smallest absolute Gasteiger partial charge is 0.286 e. The zero-order chi connectivity index (χ0) is 17.4. The van der Waals surface area contributed by atoms with E-state index in [0.717, 1.165) is 19.3 Å². The molecule has 0 atom stereocenters. The first-order valence-electron chi connectivity index (χ1n) is 7.99. The summed E-state index contributed by atoms with van der Waals surface area (Å²) in [7, 11) is 0. The summed E-state index contributed by atoms with van der Waals surface area (Å²) >= 11 is 3.31. The second-order valence-electron chi connectivity index (χ2n) is 5.68. The Bertz CT molecular complexity index is 1100. The number of unbranched alkanes of at least 4 members (excludes halogenated alkanes) is 2. The summed E-state index contributed by atoms with van der Waals surface area (Å²) in [4.78, 5) is 28.4. The summed E-state index contributed by atoms with van der Waals surface area (Å²) in [5.74, 6) is 0.879. The number of fused-ring (bicyclic) bond motifs is 2. The van der Waals surface area contributed by atoms with Crippen LogP contribution in [0.2, 0.25) is 0 Å². The molecule has 4 rings (SSSR count). The molecule has 0 saturated carbocycles. The van der Waals surface area contributed by atoms with E-state index in [0.29, 0.717) is 39.6 Å². The number of H-pyrrole nitrogens is 1. The molecule has 25 heavy (non-hydrogen) atoms. The number of hydrogen-bond acceptors (Lipinski definition) is 6. The number of aromatic amines is 1. The quantitative estimate of drug-likeness (QED) is 0.404. The van der Waals surface area contributed by atoms with Crippen LogP contribution in [0.4, 0.5) is 0 Å². The Morgan fingerprint density at radius 2 is 2.00 bits per heavy atom. The van der Waals surface area contributed by atoms with Crippen molar-refractivity contribution in [2.75, 3.05) is 0 Å². The molecule has 4 aromatic heterocycles. The monoisotopic (exact) mass is 402 g/mol. The highest BCUT2D eigenvalue weighted by molar-refractivity contribution is 9.10. The largest absolute Gasteiger partial charge is 0.327 e. The maximum atomic E-state index is 13.0. The zero-order valence-corrected chi connectivity index (χ0v) is 15.1. The Morgan fingerprint density at radius 3 is 2.76 bits per heavy atom. The van der Waals surface area contributed by atoms with Crippen molar-refractivity contribution in [1.29, 1.82) is 0 Å². The first-order valence-corrected chi connectivity index (χ1v) is 8.78. The fraction of sp³-hybridized carbons (Fsp3) is 0.333. The average Bonchev–Trinajstić information content (AvgIpc) is 3.23. The molecule has 0 bridgehead atoms. The van der Waals surface area contributed by atoms with Crippen LogP contribution in [0.25, 0.3) is 28.3 Å². The molecule has 0 aromatic carbocycles. The Morgan fingerprint density at radius 1 is 1.20 bits per heavy atom. The third-order valence-corrected chi connectivity index (χ3v) is 4.40. The van der Waals surface area contributed by atoms with E-state index < -0.39 is 0 Å². The lowest BCUT2D eigenvalue weighted by Gasteiger charge is -2.09. The maximum absolute atomic E-state index is 13.0. The van der Waals surface area contributed by atoms with Crippen LogP contribution in [0.5, 0.6) is 0 Å². The molecule has 4 aromatic rings. The number of halogens is 1. The molecule has 0 saturated heterocycles. The molecule has 128 valence electrons. The van der Waals surface area contributed by atoms with E-state index in [1.165, 1.54) is 10.7 Å². The number of hydrogen-bond donors (Lipinski definition) is 1. The van der Waals surface area contributed by atoms with Gasteiger partial charge in [0, 0.05) is 18.9 Å². The third-order valence-electron chi connectivity index (χ3n) is 4.02. The Hall–Kier alpha value is -2.62. The predicted octanol–water partition coefficient (Wildman–Crippen LogP) is 2.18. The van der Waals surface area contributed by atoms with Crippen LogP contribution in [0.15, 0.2) is 28.2 Å². The fourth-order valence-electron chi connectivity index (χ4n) is 2.85. The van der Waals surface area contributed by atoms with E-state index in [1.807, 2.05) is 4.57 Å².